The average Bonchev–Trinajstić information content (AvgIpc) is 4.01. The maximum Gasteiger partial charge on any atom is 0.496 e. The number of aromatic nitrogens is 7. The molecule has 1 fully saturated rings. The number of hydrogen-bond acceptors (Lipinski definition) is 15. The molecule has 17 nitrogen and oxygen atoms in total. The molecule has 1 aliphatic heterocycles. The minimum Gasteiger partial charge on any atom is -0.399 e. The van der Waals surface area contributed by atoms with Crippen molar-refractivity contribution in [3.63, 3.8) is 0 Å². The SMILES string of the molecule is Cc1cc(Nc2cc(-c3ccnc(-n4ncc5c6c(sc5c4=O)CC(C)(C)C6)c3C=O)cn(C)c2=O)no1.Cc1cc(Nc2cc(B3OC(C)(C)C(C)(C)O3)cn(C)c2=O)no1. The van der Waals surface area contributed by atoms with E-state index in [9.17, 15) is 19.2 Å². The van der Waals surface area contributed by atoms with E-state index in [4.69, 9.17) is 18.4 Å². The number of fused-ring (bicyclic) bond motifs is 3. The molecule has 0 radical (unpaired) electrons. The quantitative estimate of drug-likeness (QED) is 0.135. The number of aldehydes is 1. The highest BCUT2D eigenvalue weighted by Crippen LogP contribution is 2.44. The van der Waals surface area contributed by atoms with Crippen molar-refractivity contribution in [1.29, 1.82) is 0 Å². The Hall–Kier alpha value is -6.44. The molecule has 0 saturated carbocycles. The number of hydrogen-bond donors (Lipinski definition) is 2. The second-order valence-electron chi connectivity index (χ2n) is 17.5. The normalized spacial score (nSPS) is 15.9. The van der Waals surface area contributed by atoms with Crippen LogP contribution in [0.2, 0.25) is 0 Å². The van der Waals surface area contributed by atoms with E-state index in [-0.39, 0.29) is 39.2 Å². The van der Waals surface area contributed by atoms with Crippen molar-refractivity contribution in [2.45, 2.75) is 79.4 Å². The molecule has 0 unspecified atom stereocenters. The predicted octanol–water partition coefficient (Wildman–Crippen LogP) is 5.91. The number of rotatable bonds is 8. The molecule has 2 N–H and O–H groups in total. The fraction of sp³-hybridized carbons (Fsp3) is 0.349. The van der Waals surface area contributed by atoms with Crippen LogP contribution in [0.5, 0.6) is 0 Å². The Bertz CT molecular complexity index is 3070. The molecule has 2 aliphatic rings. The Kier molecular flexibility index (Phi) is 10.6. The molecule has 0 atom stereocenters. The third kappa shape index (κ3) is 7.82. The summed E-state index contributed by atoms with van der Waals surface area (Å²) in [6, 6.07) is 8.42. The third-order valence-electron chi connectivity index (χ3n) is 11.4. The van der Waals surface area contributed by atoms with Crippen molar-refractivity contribution in [2.24, 2.45) is 19.5 Å². The van der Waals surface area contributed by atoms with Crippen LogP contribution in [-0.4, -0.2) is 58.8 Å². The highest BCUT2D eigenvalue weighted by atomic mass is 32.1. The lowest BCUT2D eigenvalue weighted by atomic mass is 9.80. The van der Waals surface area contributed by atoms with Crippen LogP contribution in [0.1, 0.15) is 73.9 Å². The Labute approximate surface area is 359 Å². The molecule has 7 aromatic heterocycles. The number of carbonyl (C=O) groups excluding carboxylic acids is 1. The zero-order valence-electron chi connectivity index (χ0n) is 36.1. The minimum absolute atomic E-state index is 0.133. The molecule has 1 saturated heterocycles. The molecule has 62 heavy (non-hydrogen) atoms. The van der Waals surface area contributed by atoms with Crippen LogP contribution in [0.25, 0.3) is 27.0 Å². The Balaban J connectivity index is 0.000000190. The van der Waals surface area contributed by atoms with Gasteiger partial charge in [0.25, 0.3) is 16.7 Å². The van der Waals surface area contributed by atoms with Crippen molar-refractivity contribution >= 4 is 63.3 Å². The first-order valence-corrected chi connectivity index (χ1v) is 20.7. The second kappa shape index (κ2) is 15.5. The average molecular weight is 860 g/mol. The molecule has 7 aromatic rings. The van der Waals surface area contributed by atoms with Gasteiger partial charge in [-0.25, -0.2) is 4.98 Å². The second-order valence-corrected chi connectivity index (χ2v) is 18.6. The lowest BCUT2D eigenvalue weighted by Crippen LogP contribution is -2.41. The summed E-state index contributed by atoms with van der Waals surface area (Å²) in [7, 11) is 2.77. The van der Waals surface area contributed by atoms with Gasteiger partial charge in [-0.2, -0.15) is 9.78 Å². The predicted molar refractivity (Wildman–Crippen MR) is 237 cm³/mol. The monoisotopic (exact) mass is 859 g/mol. The number of anilines is 4. The Morgan fingerprint density at radius 1 is 0.806 bits per heavy atom. The topological polar surface area (TPSA) is 203 Å². The number of nitrogens with zero attached hydrogens (tertiary/aromatic N) is 7. The fourth-order valence-corrected chi connectivity index (χ4v) is 9.03. The zero-order chi connectivity index (χ0) is 44.5. The van der Waals surface area contributed by atoms with Gasteiger partial charge in [-0.05, 0) is 89.1 Å². The van der Waals surface area contributed by atoms with Gasteiger partial charge in [0, 0.05) is 66.1 Å². The van der Waals surface area contributed by atoms with Gasteiger partial charge in [-0.3, -0.25) is 19.2 Å². The first kappa shape index (κ1) is 42.3. The fourth-order valence-electron chi connectivity index (χ4n) is 7.56. The Morgan fingerprint density at radius 2 is 1.40 bits per heavy atom. The van der Waals surface area contributed by atoms with Crippen LogP contribution in [-0.2, 0) is 36.2 Å². The first-order valence-electron chi connectivity index (χ1n) is 19.9. The minimum atomic E-state index is -0.540. The van der Waals surface area contributed by atoms with Crippen LogP contribution in [0, 0.1) is 19.3 Å². The molecule has 0 aromatic carbocycles. The van der Waals surface area contributed by atoms with Crippen LogP contribution >= 0.6 is 11.3 Å². The lowest BCUT2D eigenvalue weighted by molar-refractivity contribution is 0.00578. The molecule has 9 rings (SSSR count). The summed E-state index contributed by atoms with van der Waals surface area (Å²) < 4.78 is 26.9. The molecule has 19 heteroatoms. The Morgan fingerprint density at radius 3 is 1.98 bits per heavy atom. The van der Waals surface area contributed by atoms with E-state index < -0.39 is 18.3 Å². The molecular weight excluding hydrogens is 813 g/mol. The van der Waals surface area contributed by atoms with Gasteiger partial charge in [0.05, 0.1) is 23.0 Å². The number of aryl methyl sites for hydroxylation is 4. The highest BCUT2D eigenvalue weighted by molar-refractivity contribution is 7.19. The van der Waals surface area contributed by atoms with E-state index >= 15 is 0 Å². The summed E-state index contributed by atoms with van der Waals surface area (Å²) in [4.78, 5) is 56.7. The first-order chi connectivity index (χ1) is 29.2. The van der Waals surface area contributed by atoms with Crippen LogP contribution < -0.4 is 32.8 Å². The number of pyridine rings is 3. The van der Waals surface area contributed by atoms with Gasteiger partial charge in [-0.15, -0.1) is 11.3 Å². The molecule has 8 heterocycles. The van der Waals surface area contributed by atoms with Gasteiger partial charge in [0.1, 0.15) is 27.6 Å². The van der Waals surface area contributed by atoms with Crippen LogP contribution in [0.3, 0.4) is 0 Å². The van der Waals surface area contributed by atoms with Crippen molar-refractivity contribution < 1.29 is 23.1 Å². The van der Waals surface area contributed by atoms with Gasteiger partial charge < -0.3 is 38.1 Å². The molecule has 0 spiro atoms. The highest BCUT2D eigenvalue weighted by Gasteiger charge is 2.52. The van der Waals surface area contributed by atoms with E-state index in [1.165, 1.54) is 41.8 Å². The van der Waals surface area contributed by atoms with Crippen LogP contribution in [0.15, 0.2) is 78.5 Å². The lowest BCUT2D eigenvalue weighted by Gasteiger charge is -2.32. The van der Waals surface area contributed by atoms with E-state index in [1.807, 2.05) is 27.7 Å². The van der Waals surface area contributed by atoms with Gasteiger partial charge in [0.2, 0.25) is 0 Å². The summed E-state index contributed by atoms with van der Waals surface area (Å²) in [5.74, 6) is 2.26. The van der Waals surface area contributed by atoms with Crippen molar-refractivity contribution in [1.82, 2.24) is 34.2 Å². The van der Waals surface area contributed by atoms with Crippen molar-refractivity contribution in [2.75, 3.05) is 10.6 Å². The van der Waals surface area contributed by atoms with E-state index in [1.54, 1.807) is 76.9 Å². The van der Waals surface area contributed by atoms with Gasteiger partial charge >= 0.3 is 7.12 Å². The van der Waals surface area contributed by atoms with Gasteiger partial charge in [-0.1, -0.05) is 24.2 Å². The smallest absolute Gasteiger partial charge is 0.399 e. The van der Waals surface area contributed by atoms with Crippen molar-refractivity contribution in [3.05, 3.63) is 114 Å². The zero-order valence-corrected chi connectivity index (χ0v) is 36.9. The molecular formula is C43H46BN9O8S. The molecule has 0 amide bonds. The maximum atomic E-state index is 13.6. The molecule has 1 aliphatic carbocycles. The molecule has 0 bridgehead atoms. The number of nitrogens with one attached hydrogen (secondary N) is 2. The van der Waals surface area contributed by atoms with Crippen molar-refractivity contribution in [3.8, 4) is 16.9 Å². The maximum absolute atomic E-state index is 13.6. The summed E-state index contributed by atoms with van der Waals surface area (Å²) >= 11 is 1.50. The van der Waals surface area contributed by atoms with E-state index in [2.05, 4.69) is 44.9 Å². The summed E-state index contributed by atoms with van der Waals surface area (Å²) in [6.07, 6.45) is 9.05. The van der Waals surface area contributed by atoms with Gasteiger partial charge in [0.15, 0.2) is 23.7 Å². The largest absolute Gasteiger partial charge is 0.496 e. The number of thiophene rings is 1. The summed E-state index contributed by atoms with van der Waals surface area (Å²) in [5.41, 5.74) is 2.38. The summed E-state index contributed by atoms with van der Waals surface area (Å²) in [5, 5.41) is 19.0. The number of carbonyl (C=O) groups is 1. The molecule has 320 valence electrons. The standard InChI is InChI=1S/C27H24N6O4S.C16H22BN3O4/c1-14-7-22(31-37-14)30-20-8-15(12-32(4)25(20)35)16-5-6-28-24(19(16)13-34)33-26(36)23-18(11-29-33)17-9-27(2,3)10-21(17)38-23;1-10-7-13(19-22-10)18-12-8-11(9-20(6)14(12)21)17-23-15(2,3)16(4,5)24-17/h5-8,11-13H,9-10H2,1-4H3,(H,30,31);7-9H,1-6H3,(H,18,19). The van der Waals surface area contributed by atoms with Crippen LogP contribution in [0.4, 0.5) is 23.0 Å². The summed E-state index contributed by atoms with van der Waals surface area (Å²) in [6.45, 7) is 16.0. The third-order valence-corrected chi connectivity index (χ3v) is 12.6. The van der Waals surface area contributed by atoms with E-state index in [0.717, 1.165) is 23.7 Å². The van der Waals surface area contributed by atoms with E-state index in [0.29, 0.717) is 51.0 Å².